The van der Waals surface area contributed by atoms with Crippen molar-refractivity contribution in [2.24, 2.45) is 0 Å². The van der Waals surface area contributed by atoms with E-state index in [1.807, 2.05) is 24.3 Å². The van der Waals surface area contributed by atoms with Gasteiger partial charge in [0, 0.05) is 31.5 Å². The topological polar surface area (TPSA) is 88.2 Å². The molecular weight excluding hydrogens is 304 g/mol. The van der Waals surface area contributed by atoms with Crippen LogP contribution in [0.3, 0.4) is 0 Å². The highest BCUT2D eigenvalue weighted by Crippen LogP contribution is 2.17. The average molecular weight is 322 g/mol. The van der Waals surface area contributed by atoms with E-state index in [1.165, 1.54) is 5.56 Å². The van der Waals surface area contributed by atoms with Gasteiger partial charge in [-0.3, -0.25) is 4.90 Å². The van der Waals surface area contributed by atoms with E-state index in [0.717, 1.165) is 44.7 Å². The van der Waals surface area contributed by atoms with Gasteiger partial charge in [-0.25, -0.2) is 8.42 Å². The summed E-state index contributed by atoms with van der Waals surface area (Å²) in [6.07, 6.45) is 1.10. The van der Waals surface area contributed by atoms with Crippen molar-refractivity contribution in [3.8, 4) is 11.4 Å². The molecule has 0 radical (unpaired) electrons. The van der Waals surface area contributed by atoms with Crippen LogP contribution in [0.4, 0.5) is 0 Å². The Hall–Kier alpha value is -1.77. The molecule has 0 saturated carbocycles. The van der Waals surface area contributed by atoms with Gasteiger partial charge in [0.15, 0.2) is 5.82 Å². The van der Waals surface area contributed by atoms with Gasteiger partial charge in [0.25, 0.3) is 0 Å². The summed E-state index contributed by atoms with van der Waals surface area (Å²) in [5, 5.41) is 7.44. The second-order valence-corrected chi connectivity index (χ2v) is 7.27. The fraction of sp³-hybridized carbons (Fsp3) is 0.429. The van der Waals surface area contributed by atoms with Crippen LogP contribution in [0.5, 0.6) is 0 Å². The molecule has 1 saturated heterocycles. The highest BCUT2D eigenvalue weighted by Gasteiger charge is 2.14. The summed E-state index contributed by atoms with van der Waals surface area (Å²) in [5.41, 5.74) is 2.02. The van der Waals surface area contributed by atoms with Crippen molar-refractivity contribution >= 4 is 9.84 Å². The Balaban J connectivity index is 1.72. The van der Waals surface area contributed by atoms with Crippen LogP contribution in [0.1, 0.15) is 5.56 Å². The van der Waals surface area contributed by atoms with Crippen molar-refractivity contribution < 1.29 is 13.2 Å². The minimum atomic E-state index is -3.37. The van der Waals surface area contributed by atoms with Crippen molar-refractivity contribution in [3.05, 3.63) is 29.8 Å². The standard InChI is InChI=1S/C14H18N4O3S/c1-22(19,20)14-15-13(16-17-14)12-4-2-11(3-5-12)10-18-6-8-21-9-7-18/h2-5H,6-10H2,1H3,(H,15,16,17). The number of nitrogens with zero attached hydrogens (tertiary/aromatic N) is 3. The van der Waals surface area contributed by atoms with Crippen LogP contribution in [-0.2, 0) is 21.1 Å². The summed E-state index contributed by atoms with van der Waals surface area (Å²) in [6.45, 7) is 4.34. The van der Waals surface area contributed by atoms with Crippen LogP contribution in [0.15, 0.2) is 29.4 Å². The number of sulfone groups is 1. The molecule has 118 valence electrons. The summed E-state index contributed by atoms with van der Waals surface area (Å²) < 4.78 is 28.1. The third kappa shape index (κ3) is 3.52. The van der Waals surface area contributed by atoms with Crippen LogP contribution < -0.4 is 0 Å². The SMILES string of the molecule is CS(=O)(=O)c1nnc(-c2ccc(CN3CCOCC3)cc2)[nH]1. The summed E-state index contributed by atoms with van der Waals surface area (Å²) in [7, 11) is -3.37. The highest BCUT2D eigenvalue weighted by molar-refractivity contribution is 7.90. The Labute approximate surface area is 129 Å². The van der Waals surface area contributed by atoms with Gasteiger partial charge >= 0.3 is 0 Å². The van der Waals surface area contributed by atoms with Crippen LogP contribution >= 0.6 is 0 Å². The minimum absolute atomic E-state index is 0.111. The van der Waals surface area contributed by atoms with E-state index in [2.05, 4.69) is 20.1 Å². The number of H-pyrrole nitrogens is 1. The third-order valence-electron chi connectivity index (χ3n) is 3.55. The lowest BCUT2D eigenvalue weighted by atomic mass is 10.1. The Morgan fingerprint density at radius 2 is 1.86 bits per heavy atom. The Morgan fingerprint density at radius 3 is 2.45 bits per heavy atom. The molecule has 1 N–H and O–H groups in total. The molecule has 22 heavy (non-hydrogen) atoms. The molecule has 0 aliphatic carbocycles. The Kier molecular flexibility index (Phi) is 4.23. The lowest BCUT2D eigenvalue weighted by molar-refractivity contribution is 0.0342. The van der Waals surface area contributed by atoms with Crippen LogP contribution in [0.2, 0.25) is 0 Å². The summed E-state index contributed by atoms with van der Waals surface area (Å²) in [4.78, 5) is 5.08. The van der Waals surface area contributed by atoms with Crippen molar-refractivity contribution in [1.82, 2.24) is 20.1 Å². The number of aromatic amines is 1. The molecule has 2 aromatic rings. The van der Waals surface area contributed by atoms with E-state index < -0.39 is 9.84 Å². The molecule has 7 nitrogen and oxygen atoms in total. The molecule has 0 amide bonds. The molecule has 0 spiro atoms. The number of nitrogens with one attached hydrogen (secondary N) is 1. The molecule has 0 atom stereocenters. The lowest BCUT2D eigenvalue weighted by Gasteiger charge is -2.26. The number of hydrogen-bond acceptors (Lipinski definition) is 6. The maximum absolute atomic E-state index is 11.4. The normalized spacial score (nSPS) is 16.8. The Bertz CT molecular complexity index is 734. The van der Waals surface area contributed by atoms with Crippen LogP contribution in [0, 0.1) is 0 Å². The summed E-state index contributed by atoms with van der Waals surface area (Å²) in [6, 6.07) is 7.88. The van der Waals surface area contributed by atoms with Gasteiger partial charge in [0.1, 0.15) is 0 Å². The van der Waals surface area contributed by atoms with Gasteiger partial charge in [-0.1, -0.05) is 24.3 Å². The molecule has 1 fully saturated rings. The van der Waals surface area contributed by atoms with Gasteiger partial charge in [-0.2, -0.15) is 0 Å². The van der Waals surface area contributed by atoms with Gasteiger partial charge in [-0.05, 0) is 5.56 Å². The molecule has 8 heteroatoms. The van der Waals surface area contributed by atoms with E-state index in [-0.39, 0.29) is 5.16 Å². The van der Waals surface area contributed by atoms with Gasteiger partial charge in [-0.15, -0.1) is 10.2 Å². The molecule has 1 aromatic carbocycles. The van der Waals surface area contributed by atoms with E-state index in [4.69, 9.17) is 4.74 Å². The molecule has 2 heterocycles. The Morgan fingerprint density at radius 1 is 1.18 bits per heavy atom. The minimum Gasteiger partial charge on any atom is -0.379 e. The second-order valence-electron chi connectivity index (χ2n) is 5.34. The molecule has 3 rings (SSSR count). The molecule has 1 aliphatic heterocycles. The van der Waals surface area contributed by atoms with Gasteiger partial charge in [0.05, 0.1) is 13.2 Å². The van der Waals surface area contributed by atoms with Gasteiger partial charge < -0.3 is 9.72 Å². The zero-order valence-corrected chi connectivity index (χ0v) is 13.1. The fourth-order valence-corrected chi connectivity index (χ4v) is 2.80. The smallest absolute Gasteiger partial charge is 0.247 e. The average Bonchev–Trinajstić information content (AvgIpc) is 2.99. The number of aromatic nitrogens is 3. The molecule has 0 bridgehead atoms. The zero-order chi connectivity index (χ0) is 15.6. The molecule has 0 unspecified atom stereocenters. The number of hydrogen-bond donors (Lipinski definition) is 1. The lowest BCUT2D eigenvalue weighted by Crippen LogP contribution is -2.35. The first kappa shape index (κ1) is 15.1. The first-order valence-corrected chi connectivity index (χ1v) is 8.94. The van der Waals surface area contributed by atoms with E-state index in [1.54, 1.807) is 0 Å². The first-order chi connectivity index (χ1) is 10.5. The highest BCUT2D eigenvalue weighted by atomic mass is 32.2. The predicted molar refractivity (Wildman–Crippen MR) is 81.0 cm³/mol. The fourth-order valence-electron chi connectivity index (χ4n) is 2.33. The maximum Gasteiger partial charge on any atom is 0.247 e. The van der Waals surface area contributed by atoms with Gasteiger partial charge in [0.2, 0.25) is 15.0 Å². The van der Waals surface area contributed by atoms with Crippen molar-refractivity contribution in [2.75, 3.05) is 32.6 Å². The predicted octanol–water partition coefficient (Wildman–Crippen LogP) is 0.707. The van der Waals surface area contributed by atoms with Crippen molar-refractivity contribution in [1.29, 1.82) is 0 Å². The van der Waals surface area contributed by atoms with E-state index >= 15 is 0 Å². The van der Waals surface area contributed by atoms with Crippen LogP contribution in [0.25, 0.3) is 11.4 Å². The summed E-state index contributed by atoms with van der Waals surface area (Å²) in [5.74, 6) is 0.457. The van der Waals surface area contributed by atoms with Crippen LogP contribution in [-0.4, -0.2) is 61.1 Å². The molecule has 1 aromatic heterocycles. The van der Waals surface area contributed by atoms with E-state index in [0.29, 0.717) is 5.82 Å². The largest absolute Gasteiger partial charge is 0.379 e. The molecular formula is C14H18N4O3S. The quantitative estimate of drug-likeness (QED) is 0.892. The third-order valence-corrected chi connectivity index (χ3v) is 4.44. The zero-order valence-electron chi connectivity index (χ0n) is 12.3. The first-order valence-electron chi connectivity index (χ1n) is 7.04. The maximum atomic E-state index is 11.4. The number of ether oxygens (including phenoxy) is 1. The number of rotatable bonds is 4. The summed E-state index contributed by atoms with van der Waals surface area (Å²) >= 11 is 0. The molecule has 1 aliphatic rings. The van der Waals surface area contributed by atoms with E-state index in [9.17, 15) is 8.42 Å². The van der Waals surface area contributed by atoms with Crippen molar-refractivity contribution in [2.45, 2.75) is 11.7 Å². The van der Waals surface area contributed by atoms with Crippen molar-refractivity contribution in [3.63, 3.8) is 0 Å². The number of benzene rings is 1. The second kappa shape index (κ2) is 6.15. The monoisotopic (exact) mass is 322 g/mol. The number of morpholine rings is 1.